The number of hydrogen-bond donors (Lipinski definition) is 1. The highest BCUT2D eigenvalue weighted by molar-refractivity contribution is 5.28. The van der Waals surface area contributed by atoms with Gasteiger partial charge < -0.3 is 10.1 Å². The summed E-state index contributed by atoms with van der Waals surface area (Å²) in [6.45, 7) is 5.59. The minimum absolute atomic E-state index is 0.418. The van der Waals surface area contributed by atoms with Gasteiger partial charge in [0.1, 0.15) is 5.75 Å². The van der Waals surface area contributed by atoms with Crippen LogP contribution in [0.25, 0.3) is 0 Å². The van der Waals surface area contributed by atoms with E-state index in [-0.39, 0.29) is 0 Å². The second-order valence-electron chi connectivity index (χ2n) is 5.22. The first-order valence-electron chi connectivity index (χ1n) is 7.65. The van der Waals surface area contributed by atoms with Gasteiger partial charge in [0.2, 0.25) is 0 Å². The Bertz CT molecular complexity index is 321. The van der Waals surface area contributed by atoms with Gasteiger partial charge in [-0.25, -0.2) is 0 Å². The van der Waals surface area contributed by atoms with Crippen LogP contribution in [-0.2, 0) is 0 Å². The topological polar surface area (TPSA) is 21.3 Å². The van der Waals surface area contributed by atoms with Crippen LogP contribution in [0.4, 0.5) is 0 Å². The van der Waals surface area contributed by atoms with Gasteiger partial charge in [0.25, 0.3) is 0 Å². The summed E-state index contributed by atoms with van der Waals surface area (Å²) in [6, 6.07) is 8.74. The monoisotopic (exact) mass is 263 g/mol. The van der Waals surface area contributed by atoms with E-state index in [0.717, 1.165) is 12.3 Å². The lowest BCUT2D eigenvalue weighted by Gasteiger charge is -2.14. The molecule has 0 fully saturated rings. The molecule has 108 valence electrons. The summed E-state index contributed by atoms with van der Waals surface area (Å²) in [4.78, 5) is 0. The van der Waals surface area contributed by atoms with Gasteiger partial charge in [-0.1, -0.05) is 51.2 Å². The number of unbranched alkanes of at least 4 members (excludes halogenated alkanes) is 5. The molecular weight excluding hydrogens is 234 g/mol. The molecule has 0 aliphatic carbocycles. The van der Waals surface area contributed by atoms with Crippen LogP contribution in [0.2, 0.25) is 0 Å². The molecule has 0 spiro atoms. The standard InChI is InChI=1S/C17H29NO/c1-4-5-6-7-8-9-14-18-15(2)16-10-12-17(19-3)13-11-16/h10-13,15,18H,4-9,14H2,1-3H3/t15-/m1/s1. The lowest BCUT2D eigenvalue weighted by Crippen LogP contribution is -2.19. The predicted molar refractivity (Wildman–Crippen MR) is 82.8 cm³/mol. The van der Waals surface area contributed by atoms with E-state index < -0.39 is 0 Å². The van der Waals surface area contributed by atoms with Crippen molar-refractivity contribution in [3.63, 3.8) is 0 Å². The van der Waals surface area contributed by atoms with E-state index in [2.05, 4.69) is 31.3 Å². The first kappa shape index (κ1) is 16.0. The van der Waals surface area contributed by atoms with Crippen molar-refractivity contribution in [3.8, 4) is 5.75 Å². The largest absolute Gasteiger partial charge is 0.497 e. The number of ether oxygens (including phenoxy) is 1. The Morgan fingerprint density at radius 3 is 2.26 bits per heavy atom. The fourth-order valence-electron chi connectivity index (χ4n) is 2.23. The van der Waals surface area contributed by atoms with Gasteiger partial charge in [-0.3, -0.25) is 0 Å². The minimum Gasteiger partial charge on any atom is -0.497 e. The second kappa shape index (κ2) is 9.85. The molecule has 2 nitrogen and oxygen atoms in total. The summed E-state index contributed by atoms with van der Waals surface area (Å²) in [5.74, 6) is 0.923. The molecule has 0 aromatic heterocycles. The molecule has 1 rings (SSSR count). The molecule has 1 atom stereocenters. The molecule has 0 aliphatic heterocycles. The highest BCUT2D eigenvalue weighted by atomic mass is 16.5. The van der Waals surface area contributed by atoms with Crippen LogP contribution in [0.3, 0.4) is 0 Å². The van der Waals surface area contributed by atoms with Crippen LogP contribution in [0.1, 0.15) is 64.0 Å². The third-order valence-corrected chi connectivity index (χ3v) is 3.60. The van der Waals surface area contributed by atoms with Gasteiger partial charge in [-0.15, -0.1) is 0 Å². The molecule has 1 aromatic carbocycles. The van der Waals surface area contributed by atoms with E-state index in [1.165, 1.54) is 44.1 Å². The number of benzene rings is 1. The normalized spacial score (nSPS) is 12.4. The van der Waals surface area contributed by atoms with E-state index in [0.29, 0.717) is 6.04 Å². The van der Waals surface area contributed by atoms with Crippen LogP contribution >= 0.6 is 0 Å². The summed E-state index contributed by atoms with van der Waals surface area (Å²) in [5.41, 5.74) is 1.33. The zero-order valence-corrected chi connectivity index (χ0v) is 12.7. The maximum atomic E-state index is 5.17. The third kappa shape index (κ3) is 6.63. The SMILES string of the molecule is CCCCCCCCN[C@H](C)c1ccc(OC)cc1. The second-order valence-corrected chi connectivity index (χ2v) is 5.22. The van der Waals surface area contributed by atoms with Crippen molar-refractivity contribution in [3.05, 3.63) is 29.8 Å². The van der Waals surface area contributed by atoms with Crippen molar-refractivity contribution >= 4 is 0 Å². The average Bonchev–Trinajstić information content (AvgIpc) is 2.46. The molecule has 19 heavy (non-hydrogen) atoms. The van der Waals surface area contributed by atoms with Crippen LogP contribution in [-0.4, -0.2) is 13.7 Å². The Hall–Kier alpha value is -1.02. The van der Waals surface area contributed by atoms with E-state index in [1.54, 1.807) is 7.11 Å². The molecule has 0 bridgehead atoms. The number of rotatable bonds is 10. The molecule has 0 heterocycles. The molecule has 0 unspecified atom stereocenters. The fourth-order valence-corrected chi connectivity index (χ4v) is 2.23. The summed E-state index contributed by atoms with van der Waals surface area (Å²) >= 11 is 0. The summed E-state index contributed by atoms with van der Waals surface area (Å²) in [6.07, 6.45) is 8.12. The maximum Gasteiger partial charge on any atom is 0.118 e. The van der Waals surface area contributed by atoms with Crippen LogP contribution in [0, 0.1) is 0 Å². The highest BCUT2D eigenvalue weighted by Crippen LogP contribution is 2.17. The summed E-state index contributed by atoms with van der Waals surface area (Å²) in [7, 11) is 1.70. The van der Waals surface area contributed by atoms with Gasteiger partial charge in [0, 0.05) is 6.04 Å². The quantitative estimate of drug-likeness (QED) is 0.617. The Morgan fingerprint density at radius 1 is 1.00 bits per heavy atom. The van der Waals surface area contributed by atoms with Crippen molar-refractivity contribution in [2.45, 2.75) is 58.4 Å². The molecule has 0 saturated heterocycles. The number of methoxy groups -OCH3 is 1. The molecule has 0 radical (unpaired) electrons. The summed E-state index contributed by atoms with van der Waals surface area (Å²) < 4.78 is 5.17. The average molecular weight is 263 g/mol. The molecule has 0 amide bonds. The van der Waals surface area contributed by atoms with E-state index in [1.807, 2.05) is 12.1 Å². The molecule has 0 saturated carbocycles. The predicted octanol–water partition coefficient (Wildman–Crippen LogP) is 4.71. The molecule has 0 aliphatic rings. The first-order chi connectivity index (χ1) is 9.27. The third-order valence-electron chi connectivity index (χ3n) is 3.60. The van der Waals surface area contributed by atoms with Gasteiger partial charge in [0.15, 0.2) is 0 Å². The van der Waals surface area contributed by atoms with E-state index >= 15 is 0 Å². The Labute approximate surface area is 118 Å². The van der Waals surface area contributed by atoms with Gasteiger partial charge >= 0.3 is 0 Å². The van der Waals surface area contributed by atoms with Crippen LogP contribution in [0.5, 0.6) is 5.75 Å². The highest BCUT2D eigenvalue weighted by Gasteiger charge is 2.04. The lowest BCUT2D eigenvalue weighted by atomic mass is 10.1. The van der Waals surface area contributed by atoms with E-state index in [4.69, 9.17) is 4.74 Å². The fraction of sp³-hybridized carbons (Fsp3) is 0.647. The van der Waals surface area contributed by atoms with Crippen molar-refractivity contribution in [1.29, 1.82) is 0 Å². The number of hydrogen-bond acceptors (Lipinski definition) is 2. The van der Waals surface area contributed by atoms with Crippen molar-refractivity contribution in [1.82, 2.24) is 5.32 Å². The zero-order chi connectivity index (χ0) is 13.9. The number of nitrogens with one attached hydrogen (secondary N) is 1. The molecule has 1 aromatic rings. The van der Waals surface area contributed by atoms with Crippen molar-refractivity contribution < 1.29 is 4.74 Å². The first-order valence-corrected chi connectivity index (χ1v) is 7.65. The smallest absolute Gasteiger partial charge is 0.118 e. The minimum atomic E-state index is 0.418. The Kier molecular flexibility index (Phi) is 8.31. The van der Waals surface area contributed by atoms with Crippen LogP contribution in [0.15, 0.2) is 24.3 Å². The maximum absolute atomic E-state index is 5.17. The summed E-state index contributed by atoms with van der Waals surface area (Å²) in [5, 5.41) is 3.59. The van der Waals surface area contributed by atoms with Gasteiger partial charge in [0.05, 0.1) is 7.11 Å². The van der Waals surface area contributed by atoms with Crippen LogP contribution < -0.4 is 10.1 Å². The van der Waals surface area contributed by atoms with Gasteiger partial charge in [-0.2, -0.15) is 0 Å². The molecule has 1 N–H and O–H groups in total. The lowest BCUT2D eigenvalue weighted by molar-refractivity contribution is 0.414. The Balaban J connectivity index is 2.14. The Morgan fingerprint density at radius 2 is 1.63 bits per heavy atom. The molecule has 2 heteroatoms. The van der Waals surface area contributed by atoms with Gasteiger partial charge in [-0.05, 0) is 37.6 Å². The molecular formula is C17H29NO. The van der Waals surface area contributed by atoms with Crippen molar-refractivity contribution in [2.24, 2.45) is 0 Å². The van der Waals surface area contributed by atoms with E-state index in [9.17, 15) is 0 Å². The van der Waals surface area contributed by atoms with Crippen molar-refractivity contribution in [2.75, 3.05) is 13.7 Å². The zero-order valence-electron chi connectivity index (χ0n) is 12.7.